The summed E-state index contributed by atoms with van der Waals surface area (Å²) in [4.78, 5) is 14.6. The highest BCUT2D eigenvalue weighted by atomic mass is 19.1. The quantitative estimate of drug-likeness (QED) is 0.813. The highest BCUT2D eigenvalue weighted by Gasteiger charge is 2.10. The van der Waals surface area contributed by atoms with E-state index in [0.717, 1.165) is 17.7 Å². The van der Waals surface area contributed by atoms with Crippen molar-refractivity contribution in [1.29, 1.82) is 0 Å². The van der Waals surface area contributed by atoms with Gasteiger partial charge < -0.3 is 5.32 Å². The van der Waals surface area contributed by atoms with Crippen molar-refractivity contribution in [3.63, 3.8) is 0 Å². The molecule has 1 N–H and O–H groups in total. The third-order valence-electron chi connectivity index (χ3n) is 4.89. The van der Waals surface area contributed by atoms with Crippen molar-refractivity contribution >= 4 is 5.91 Å². The topological polar surface area (TPSA) is 32.3 Å². The standard InChI is InChI=1S/C22H27FN2O/c23-21-10-7-18(8-11-21)9-12-22(26)24-16-19-5-4-6-20(15-19)17-25-13-2-1-3-14-25/h4-8,10-11,15H,1-3,9,12-14,16-17H2,(H,24,26). The van der Waals surface area contributed by atoms with Gasteiger partial charge in [0, 0.05) is 19.5 Å². The Bertz CT molecular complexity index is 708. The number of hydrogen-bond donors (Lipinski definition) is 1. The van der Waals surface area contributed by atoms with E-state index in [1.54, 1.807) is 12.1 Å². The lowest BCUT2D eigenvalue weighted by atomic mass is 10.1. The zero-order valence-corrected chi connectivity index (χ0v) is 15.2. The first-order valence-electron chi connectivity index (χ1n) is 9.50. The highest BCUT2D eigenvalue weighted by Crippen LogP contribution is 2.14. The molecule has 138 valence electrons. The molecule has 0 spiro atoms. The highest BCUT2D eigenvalue weighted by molar-refractivity contribution is 5.76. The molecule has 26 heavy (non-hydrogen) atoms. The van der Waals surface area contributed by atoms with Crippen LogP contribution in [0.5, 0.6) is 0 Å². The lowest BCUT2D eigenvalue weighted by Crippen LogP contribution is -2.29. The van der Waals surface area contributed by atoms with Crippen molar-refractivity contribution in [2.75, 3.05) is 13.1 Å². The molecule has 1 heterocycles. The van der Waals surface area contributed by atoms with Gasteiger partial charge in [-0.15, -0.1) is 0 Å². The number of nitrogens with one attached hydrogen (secondary N) is 1. The number of benzene rings is 2. The van der Waals surface area contributed by atoms with Crippen molar-refractivity contribution in [3.8, 4) is 0 Å². The molecular weight excluding hydrogens is 327 g/mol. The molecule has 0 atom stereocenters. The maximum absolute atomic E-state index is 12.9. The van der Waals surface area contributed by atoms with E-state index in [0.29, 0.717) is 19.4 Å². The minimum absolute atomic E-state index is 0.0239. The summed E-state index contributed by atoms with van der Waals surface area (Å²) in [7, 11) is 0. The van der Waals surface area contributed by atoms with Crippen molar-refractivity contribution in [2.24, 2.45) is 0 Å². The zero-order chi connectivity index (χ0) is 18.2. The molecule has 2 aromatic carbocycles. The van der Waals surface area contributed by atoms with Gasteiger partial charge in [-0.3, -0.25) is 9.69 Å². The normalized spacial score (nSPS) is 15.0. The number of piperidine rings is 1. The number of carbonyl (C=O) groups excluding carboxylic acids is 1. The molecule has 3 nitrogen and oxygen atoms in total. The van der Waals surface area contributed by atoms with Crippen LogP contribution in [0.15, 0.2) is 48.5 Å². The van der Waals surface area contributed by atoms with Gasteiger partial charge in [0.15, 0.2) is 0 Å². The molecule has 2 aromatic rings. The van der Waals surface area contributed by atoms with Gasteiger partial charge in [0.05, 0.1) is 0 Å². The molecule has 0 saturated carbocycles. The van der Waals surface area contributed by atoms with Crippen LogP contribution in [0, 0.1) is 5.82 Å². The molecule has 1 amide bonds. The van der Waals surface area contributed by atoms with E-state index in [-0.39, 0.29) is 11.7 Å². The van der Waals surface area contributed by atoms with Crippen LogP contribution in [0.4, 0.5) is 4.39 Å². The lowest BCUT2D eigenvalue weighted by Gasteiger charge is -2.26. The number of halogens is 1. The van der Waals surface area contributed by atoms with Crippen LogP contribution in [0.1, 0.15) is 42.4 Å². The van der Waals surface area contributed by atoms with Crippen LogP contribution >= 0.6 is 0 Å². The average Bonchev–Trinajstić information content (AvgIpc) is 2.67. The molecule has 3 rings (SSSR count). The third kappa shape index (κ3) is 5.95. The Morgan fingerprint density at radius 1 is 0.962 bits per heavy atom. The first kappa shape index (κ1) is 18.6. The van der Waals surface area contributed by atoms with Gasteiger partial charge in [-0.1, -0.05) is 42.8 Å². The summed E-state index contributed by atoms with van der Waals surface area (Å²) in [6.45, 7) is 3.91. The Hall–Kier alpha value is -2.20. The Kier molecular flexibility index (Phi) is 6.78. The van der Waals surface area contributed by atoms with Crippen LogP contribution in [-0.4, -0.2) is 23.9 Å². The Labute approximate surface area is 155 Å². The number of amides is 1. The summed E-state index contributed by atoms with van der Waals surface area (Å²) in [5.41, 5.74) is 3.42. The van der Waals surface area contributed by atoms with E-state index in [1.807, 2.05) is 0 Å². The summed E-state index contributed by atoms with van der Waals surface area (Å²) in [5, 5.41) is 2.98. The Morgan fingerprint density at radius 3 is 2.46 bits per heavy atom. The summed E-state index contributed by atoms with van der Waals surface area (Å²) in [6.07, 6.45) is 4.98. The molecule has 1 fully saturated rings. The molecule has 0 unspecified atom stereocenters. The summed E-state index contributed by atoms with van der Waals surface area (Å²) in [5.74, 6) is -0.224. The smallest absolute Gasteiger partial charge is 0.220 e. The molecule has 1 aliphatic heterocycles. The predicted octanol–water partition coefficient (Wildman–Crippen LogP) is 4.06. The summed E-state index contributed by atoms with van der Waals surface area (Å²) in [6, 6.07) is 14.8. The number of carbonyl (C=O) groups is 1. The van der Waals surface area contributed by atoms with E-state index in [1.165, 1.54) is 50.0 Å². The second-order valence-electron chi connectivity index (χ2n) is 7.06. The second kappa shape index (κ2) is 9.48. The minimum atomic E-state index is -0.248. The van der Waals surface area contributed by atoms with Crippen molar-refractivity contribution in [1.82, 2.24) is 10.2 Å². The van der Waals surface area contributed by atoms with Crippen molar-refractivity contribution < 1.29 is 9.18 Å². The lowest BCUT2D eigenvalue weighted by molar-refractivity contribution is -0.121. The number of nitrogens with zero attached hydrogens (tertiary/aromatic N) is 1. The van der Waals surface area contributed by atoms with E-state index >= 15 is 0 Å². The second-order valence-corrected chi connectivity index (χ2v) is 7.06. The first-order valence-corrected chi connectivity index (χ1v) is 9.50. The van der Waals surface area contributed by atoms with Gasteiger partial charge >= 0.3 is 0 Å². The minimum Gasteiger partial charge on any atom is -0.352 e. The molecule has 4 heteroatoms. The number of aryl methyl sites for hydroxylation is 1. The molecule has 0 aromatic heterocycles. The van der Waals surface area contributed by atoms with Crippen LogP contribution < -0.4 is 5.32 Å². The molecule has 0 radical (unpaired) electrons. The van der Waals surface area contributed by atoms with Crippen molar-refractivity contribution in [3.05, 3.63) is 71.0 Å². The zero-order valence-electron chi connectivity index (χ0n) is 15.2. The van der Waals surface area contributed by atoms with E-state index < -0.39 is 0 Å². The van der Waals surface area contributed by atoms with Gasteiger partial charge in [0.1, 0.15) is 5.82 Å². The summed E-state index contributed by atoms with van der Waals surface area (Å²) < 4.78 is 12.9. The maximum atomic E-state index is 12.9. The number of rotatable bonds is 7. The molecule has 0 aliphatic carbocycles. The van der Waals surface area contributed by atoms with Gasteiger partial charge in [-0.2, -0.15) is 0 Å². The SMILES string of the molecule is O=C(CCc1ccc(F)cc1)NCc1cccc(CN2CCCCC2)c1. The fourth-order valence-electron chi connectivity index (χ4n) is 3.41. The summed E-state index contributed by atoms with van der Waals surface area (Å²) >= 11 is 0. The Balaban J connectivity index is 1.44. The molecule has 1 aliphatic rings. The molecule has 1 saturated heterocycles. The fraction of sp³-hybridized carbons (Fsp3) is 0.409. The van der Waals surface area contributed by atoms with Crippen molar-refractivity contribution in [2.45, 2.75) is 45.2 Å². The number of likely N-dealkylation sites (tertiary alicyclic amines) is 1. The number of hydrogen-bond acceptors (Lipinski definition) is 2. The Morgan fingerprint density at radius 2 is 1.69 bits per heavy atom. The maximum Gasteiger partial charge on any atom is 0.220 e. The van der Waals surface area contributed by atoms with Crippen LogP contribution in [0.25, 0.3) is 0 Å². The monoisotopic (exact) mass is 354 g/mol. The van der Waals surface area contributed by atoms with Gasteiger partial charge in [-0.25, -0.2) is 4.39 Å². The average molecular weight is 354 g/mol. The first-order chi connectivity index (χ1) is 12.7. The van der Waals surface area contributed by atoms with Crippen LogP contribution in [0.2, 0.25) is 0 Å². The largest absolute Gasteiger partial charge is 0.352 e. The van der Waals surface area contributed by atoms with Gasteiger partial charge in [-0.05, 0) is 61.2 Å². The van der Waals surface area contributed by atoms with E-state index in [9.17, 15) is 9.18 Å². The predicted molar refractivity (Wildman–Crippen MR) is 102 cm³/mol. The third-order valence-corrected chi connectivity index (χ3v) is 4.89. The van der Waals surface area contributed by atoms with Crippen LogP contribution in [0.3, 0.4) is 0 Å². The van der Waals surface area contributed by atoms with Gasteiger partial charge in [0.25, 0.3) is 0 Å². The van der Waals surface area contributed by atoms with E-state index in [4.69, 9.17) is 0 Å². The van der Waals surface area contributed by atoms with E-state index in [2.05, 4.69) is 34.5 Å². The molecular formula is C22H27FN2O. The van der Waals surface area contributed by atoms with Crippen LogP contribution in [-0.2, 0) is 24.3 Å². The molecule has 0 bridgehead atoms. The fourth-order valence-corrected chi connectivity index (χ4v) is 3.41. The van der Waals surface area contributed by atoms with Gasteiger partial charge in [0.2, 0.25) is 5.91 Å².